The molecule has 3 aromatic rings. The van der Waals surface area contributed by atoms with Gasteiger partial charge in [-0.15, -0.1) is 5.10 Å². The summed E-state index contributed by atoms with van der Waals surface area (Å²) in [6, 6.07) is 3.33. The van der Waals surface area contributed by atoms with Crippen molar-refractivity contribution in [2.45, 2.75) is 20.0 Å². The maximum atomic E-state index is 12.5. The van der Waals surface area contributed by atoms with Crippen molar-refractivity contribution in [3.05, 3.63) is 38.3 Å². The number of benzene rings is 1. The van der Waals surface area contributed by atoms with Crippen LogP contribution in [0.15, 0.2) is 16.9 Å². The van der Waals surface area contributed by atoms with Crippen LogP contribution in [-0.4, -0.2) is 45.2 Å². The smallest absolute Gasteiger partial charge is 0.258 e. The molecule has 8 nitrogen and oxygen atoms in total. The monoisotopic (exact) mass is 395 g/mol. The molecule has 1 aromatic carbocycles. The number of nitrogens with zero attached hydrogens (tertiary/aromatic N) is 4. The molecule has 138 valence electrons. The molecule has 10 heteroatoms. The zero-order valence-corrected chi connectivity index (χ0v) is 16.1. The van der Waals surface area contributed by atoms with E-state index in [4.69, 9.17) is 21.1 Å². The number of hydrogen-bond donors (Lipinski definition) is 1. The summed E-state index contributed by atoms with van der Waals surface area (Å²) >= 11 is 7.23. The molecule has 2 heterocycles. The van der Waals surface area contributed by atoms with Gasteiger partial charge in [-0.2, -0.15) is 0 Å². The van der Waals surface area contributed by atoms with E-state index >= 15 is 0 Å². The van der Waals surface area contributed by atoms with Crippen LogP contribution in [-0.2, 0) is 13.1 Å². The Kier molecular flexibility index (Phi) is 5.70. The number of rotatable bonds is 7. The third kappa shape index (κ3) is 3.79. The number of H-pyrrole nitrogens is 1. The fourth-order valence-corrected chi connectivity index (χ4v) is 3.20. The van der Waals surface area contributed by atoms with Gasteiger partial charge in [0, 0.05) is 24.1 Å². The second kappa shape index (κ2) is 7.98. The summed E-state index contributed by atoms with van der Waals surface area (Å²) in [5, 5.41) is 4.47. The van der Waals surface area contributed by atoms with Crippen LogP contribution in [0, 0.1) is 0 Å². The standard InChI is InChI=1S/C16H18ClN5O3S/c1-4-22(7-11-15(17)26-21-20-11)8-14-18-10-6-13(25-3)12(24-2)5-9(10)16(23)19-14/h5-6H,4,7-8H2,1-3H3,(H,18,19,23). The highest BCUT2D eigenvalue weighted by Gasteiger charge is 2.15. The predicted octanol–water partition coefficient (Wildman–Crippen LogP) is 2.47. The molecule has 0 aliphatic carbocycles. The van der Waals surface area contributed by atoms with Crippen molar-refractivity contribution in [3.8, 4) is 11.5 Å². The summed E-state index contributed by atoms with van der Waals surface area (Å²) in [5.41, 5.74) is 1.04. The second-order valence-corrected chi connectivity index (χ2v) is 6.89. The molecule has 0 aliphatic heterocycles. The Bertz CT molecular complexity index is 974. The number of aromatic amines is 1. The average molecular weight is 396 g/mol. The van der Waals surface area contributed by atoms with Gasteiger partial charge in [0.15, 0.2) is 11.5 Å². The Morgan fingerprint density at radius 3 is 2.58 bits per heavy atom. The minimum absolute atomic E-state index is 0.227. The lowest BCUT2D eigenvalue weighted by Gasteiger charge is -2.18. The number of ether oxygens (including phenoxy) is 2. The Balaban J connectivity index is 1.92. The Morgan fingerprint density at radius 1 is 1.23 bits per heavy atom. The highest BCUT2D eigenvalue weighted by molar-refractivity contribution is 7.10. The van der Waals surface area contributed by atoms with Gasteiger partial charge in [-0.1, -0.05) is 23.0 Å². The van der Waals surface area contributed by atoms with Crippen LogP contribution in [0.1, 0.15) is 18.4 Å². The fraction of sp³-hybridized carbons (Fsp3) is 0.375. The lowest BCUT2D eigenvalue weighted by atomic mass is 10.2. The van der Waals surface area contributed by atoms with Gasteiger partial charge < -0.3 is 14.5 Å². The van der Waals surface area contributed by atoms with Crippen molar-refractivity contribution in [2.75, 3.05) is 20.8 Å². The summed E-state index contributed by atoms with van der Waals surface area (Å²) in [7, 11) is 3.07. The summed E-state index contributed by atoms with van der Waals surface area (Å²) in [6.07, 6.45) is 0. The third-order valence-electron chi connectivity index (χ3n) is 3.96. The highest BCUT2D eigenvalue weighted by Crippen LogP contribution is 2.30. The molecule has 0 radical (unpaired) electrons. The molecule has 26 heavy (non-hydrogen) atoms. The van der Waals surface area contributed by atoms with E-state index in [0.717, 1.165) is 18.1 Å². The van der Waals surface area contributed by atoms with Crippen molar-refractivity contribution < 1.29 is 9.47 Å². The number of hydrogen-bond acceptors (Lipinski definition) is 8. The van der Waals surface area contributed by atoms with Crippen LogP contribution in [0.25, 0.3) is 10.9 Å². The molecule has 0 fully saturated rings. The molecular weight excluding hydrogens is 378 g/mol. The fourth-order valence-electron chi connectivity index (χ4n) is 2.58. The zero-order chi connectivity index (χ0) is 18.7. The summed E-state index contributed by atoms with van der Waals surface area (Å²) in [6.45, 7) is 3.73. The number of methoxy groups -OCH3 is 2. The Morgan fingerprint density at radius 2 is 1.96 bits per heavy atom. The molecule has 0 amide bonds. The molecule has 1 N–H and O–H groups in total. The maximum Gasteiger partial charge on any atom is 0.258 e. The van der Waals surface area contributed by atoms with E-state index in [-0.39, 0.29) is 5.56 Å². The molecule has 0 saturated heterocycles. The summed E-state index contributed by atoms with van der Waals surface area (Å²) < 4.78 is 14.9. The largest absolute Gasteiger partial charge is 0.493 e. The first-order valence-corrected chi connectivity index (χ1v) is 9.04. The van der Waals surface area contributed by atoms with Crippen LogP contribution in [0.5, 0.6) is 11.5 Å². The van der Waals surface area contributed by atoms with Crippen LogP contribution < -0.4 is 15.0 Å². The molecule has 2 aromatic heterocycles. The SMILES string of the molecule is CCN(Cc1nc2cc(OC)c(OC)cc2c(=O)[nH]1)Cc1nnsc1Cl. The van der Waals surface area contributed by atoms with Crippen LogP contribution in [0.2, 0.25) is 4.34 Å². The van der Waals surface area contributed by atoms with E-state index in [0.29, 0.717) is 51.3 Å². The van der Waals surface area contributed by atoms with Crippen LogP contribution in [0.3, 0.4) is 0 Å². The number of halogens is 1. The first kappa shape index (κ1) is 18.6. The number of fused-ring (bicyclic) bond motifs is 1. The second-order valence-electron chi connectivity index (χ2n) is 5.53. The van der Waals surface area contributed by atoms with Gasteiger partial charge in [-0.05, 0) is 12.6 Å². The van der Waals surface area contributed by atoms with Crippen molar-refractivity contribution >= 4 is 34.0 Å². The molecular formula is C16H18ClN5O3S. The molecule has 0 saturated carbocycles. The van der Waals surface area contributed by atoms with E-state index in [1.165, 1.54) is 7.11 Å². The van der Waals surface area contributed by atoms with Crippen molar-refractivity contribution in [2.24, 2.45) is 0 Å². The quantitative estimate of drug-likeness (QED) is 0.656. The van der Waals surface area contributed by atoms with E-state index in [9.17, 15) is 4.79 Å². The molecule has 3 rings (SSSR count). The van der Waals surface area contributed by atoms with E-state index < -0.39 is 0 Å². The first-order valence-electron chi connectivity index (χ1n) is 7.89. The number of aromatic nitrogens is 4. The maximum absolute atomic E-state index is 12.5. The summed E-state index contributed by atoms with van der Waals surface area (Å²) in [5.74, 6) is 1.56. The number of nitrogens with one attached hydrogen (secondary N) is 1. The van der Waals surface area contributed by atoms with E-state index in [1.54, 1.807) is 19.2 Å². The van der Waals surface area contributed by atoms with Gasteiger partial charge in [0.2, 0.25) is 0 Å². The molecule has 0 aliphatic rings. The van der Waals surface area contributed by atoms with Crippen LogP contribution >= 0.6 is 23.1 Å². The van der Waals surface area contributed by atoms with Gasteiger partial charge >= 0.3 is 0 Å². The highest BCUT2D eigenvalue weighted by atomic mass is 35.5. The van der Waals surface area contributed by atoms with E-state index in [2.05, 4.69) is 24.5 Å². The zero-order valence-electron chi connectivity index (χ0n) is 14.6. The normalized spacial score (nSPS) is 11.3. The predicted molar refractivity (Wildman–Crippen MR) is 100 cm³/mol. The van der Waals surface area contributed by atoms with Crippen molar-refractivity contribution in [3.63, 3.8) is 0 Å². The Labute approximate surface area is 158 Å². The van der Waals surface area contributed by atoms with Gasteiger partial charge in [0.25, 0.3) is 5.56 Å². The lowest BCUT2D eigenvalue weighted by molar-refractivity contribution is 0.261. The first-order chi connectivity index (χ1) is 12.5. The van der Waals surface area contributed by atoms with Gasteiger partial charge in [0.05, 0.1) is 31.7 Å². The minimum Gasteiger partial charge on any atom is -0.493 e. The average Bonchev–Trinajstić information content (AvgIpc) is 3.04. The van der Waals surface area contributed by atoms with Crippen LogP contribution in [0.4, 0.5) is 0 Å². The Hall–Kier alpha value is -2.23. The van der Waals surface area contributed by atoms with Crippen molar-refractivity contribution in [1.82, 2.24) is 24.5 Å². The third-order valence-corrected chi connectivity index (χ3v) is 4.95. The van der Waals surface area contributed by atoms with Gasteiger partial charge in [-0.25, -0.2) is 4.98 Å². The minimum atomic E-state index is -0.227. The molecule has 0 unspecified atom stereocenters. The van der Waals surface area contributed by atoms with Gasteiger partial charge in [-0.3, -0.25) is 9.69 Å². The van der Waals surface area contributed by atoms with Gasteiger partial charge in [0.1, 0.15) is 15.9 Å². The summed E-state index contributed by atoms with van der Waals surface area (Å²) in [4.78, 5) is 21.9. The molecule has 0 bridgehead atoms. The molecule has 0 atom stereocenters. The topological polar surface area (TPSA) is 93.2 Å². The molecule has 0 spiro atoms. The lowest BCUT2D eigenvalue weighted by Crippen LogP contribution is -2.25. The van der Waals surface area contributed by atoms with E-state index in [1.807, 2.05) is 6.92 Å². The van der Waals surface area contributed by atoms with Crippen molar-refractivity contribution in [1.29, 1.82) is 0 Å².